The number of rotatable bonds is 7. The van der Waals surface area contributed by atoms with Crippen LogP contribution in [0.3, 0.4) is 0 Å². The molecule has 1 aromatic rings. The van der Waals surface area contributed by atoms with Gasteiger partial charge in [0, 0.05) is 34.4 Å². The summed E-state index contributed by atoms with van der Waals surface area (Å²) in [6.45, 7) is 2.05. The molecule has 0 aromatic heterocycles. The number of anilines is 1. The molecule has 1 amide bonds. The molecule has 102 valence electrons. The van der Waals surface area contributed by atoms with E-state index in [1.54, 1.807) is 24.3 Å². The van der Waals surface area contributed by atoms with Crippen molar-refractivity contribution in [3.05, 3.63) is 29.8 Å². The molecule has 0 bridgehead atoms. The summed E-state index contributed by atoms with van der Waals surface area (Å²) in [5.41, 5.74) is 1.21. The topological polar surface area (TPSA) is 70.0 Å². The Bertz CT molecular complexity index is 477. The lowest BCUT2D eigenvalue weighted by atomic mass is 10.2. The van der Waals surface area contributed by atoms with E-state index in [2.05, 4.69) is 12.2 Å². The van der Waals surface area contributed by atoms with Crippen molar-refractivity contribution in [3.63, 3.8) is 0 Å². The normalized spacial score (nSPS) is 11.6. The quantitative estimate of drug-likeness (QED) is 0.832. The molecule has 0 aliphatic carbocycles. The molecular weight excluding hydrogens is 260 g/mol. The van der Waals surface area contributed by atoms with E-state index in [0.29, 0.717) is 22.8 Å². The van der Waals surface area contributed by atoms with Crippen molar-refractivity contribution in [1.29, 1.82) is 5.26 Å². The number of unbranched alkanes of at least 4 members (excludes halogenated alkanes) is 1. The monoisotopic (exact) mass is 278 g/mol. The van der Waals surface area contributed by atoms with Crippen LogP contribution < -0.4 is 5.32 Å². The summed E-state index contributed by atoms with van der Waals surface area (Å²) in [4.78, 5) is 11.6. The highest BCUT2D eigenvalue weighted by atomic mass is 32.2. The Hall–Kier alpha value is -1.67. The summed E-state index contributed by atoms with van der Waals surface area (Å²) < 4.78 is 11.5. The number of carbonyl (C=O) groups excluding carboxylic acids is 1. The highest BCUT2D eigenvalue weighted by Crippen LogP contribution is 2.09. The van der Waals surface area contributed by atoms with Crippen molar-refractivity contribution >= 4 is 22.4 Å². The SMILES string of the molecule is CCCCS(=O)CCC(=O)Nc1ccc(C#N)cc1. The predicted molar refractivity (Wildman–Crippen MR) is 77.2 cm³/mol. The van der Waals surface area contributed by atoms with Gasteiger partial charge in [-0.2, -0.15) is 5.26 Å². The van der Waals surface area contributed by atoms with E-state index in [1.807, 2.05) is 6.07 Å². The molecular formula is C14H18N2O2S. The molecule has 1 unspecified atom stereocenters. The van der Waals surface area contributed by atoms with Crippen molar-refractivity contribution in [2.24, 2.45) is 0 Å². The average molecular weight is 278 g/mol. The lowest BCUT2D eigenvalue weighted by Gasteiger charge is -2.05. The lowest BCUT2D eigenvalue weighted by Crippen LogP contribution is -2.15. The second kappa shape index (κ2) is 8.44. The minimum absolute atomic E-state index is 0.144. The summed E-state index contributed by atoms with van der Waals surface area (Å²) in [6, 6.07) is 8.68. The van der Waals surface area contributed by atoms with E-state index in [-0.39, 0.29) is 12.3 Å². The minimum atomic E-state index is -0.907. The lowest BCUT2D eigenvalue weighted by molar-refractivity contribution is -0.115. The van der Waals surface area contributed by atoms with Gasteiger partial charge in [0.15, 0.2) is 0 Å². The predicted octanol–water partition coefficient (Wildman–Crippen LogP) is 2.44. The largest absolute Gasteiger partial charge is 0.326 e. The van der Waals surface area contributed by atoms with E-state index < -0.39 is 10.8 Å². The molecule has 0 aliphatic heterocycles. The maximum absolute atomic E-state index is 11.6. The second-order valence-corrected chi connectivity index (χ2v) is 5.89. The number of hydrogen-bond donors (Lipinski definition) is 1. The summed E-state index contributed by atoms with van der Waals surface area (Å²) in [7, 11) is -0.907. The molecule has 0 radical (unpaired) electrons. The zero-order valence-electron chi connectivity index (χ0n) is 11.0. The Kier molecular flexibility index (Phi) is 6.83. The molecule has 0 spiro atoms. The van der Waals surface area contributed by atoms with E-state index in [4.69, 9.17) is 5.26 Å². The minimum Gasteiger partial charge on any atom is -0.326 e. The van der Waals surface area contributed by atoms with Crippen molar-refractivity contribution in [2.75, 3.05) is 16.8 Å². The van der Waals surface area contributed by atoms with Crippen LogP contribution in [0.25, 0.3) is 0 Å². The molecule has 1 N–H and O–H groups in total. The molecule has 1 aromatic carbocycles. The Morgan fingerprint density at radius 3 is 2.58 bits per heavy atom. The van der Waals surface area contributed by atoms with Crippen LogP contribution in [0.4, 0.5) is 5.69 Å². The second-order valence-electron chi connectivity index (χ2n) is 4.19. The van der Waals surface area contributed by atoms with E-state index >= 15 is 0 Å². The van der Waals surface area contributed by atoms with Crippen LogP contribution in [0.5, 0.6) is 0 Å². The summed E-state index contributed by atoms with van der Waals surface area (Å²) in [5.74, 6) is 0.928. The Balaban J connectivity index is 2.34. The summed E-state index contributed by atoms with van der Waals surface area (Å²) in [5, 5.41) is 11.4. The molecule has 0 aliphatic rings. The van der Waals surface area contributed by atoms with E-state index in [0.717, 1.165) is 12.8 Å². The van der Waals surface area contributed by atoms with E-state index in [1.165, 1.54) is 0 Å². The van der Waals surface area contributed by atoms with Crippen LogP contribution in [0.2, 0.25) is 0 Å². The zero-order valence-corrected chi connectivity index (χ0v) is 11.8. The van der Waals surface area contributed by atoms with Gasteiger partial charge < -0.3 is 5.32 Å². The third-order valence-electron chi connectivity index (χ3n) is 2.58. The van der Waals surface area contributed by atoms with Gasteiger partial charge in [0.1, 0.15) is 0 Å². The summed E-state index contributed by atoms with van der Waals surface area (Å²) >= 11 is 0. The number of nitrogens with zero attached hydrogens (tertiary/aromatic N) is 1. The Labute approximate surface area is 116 Å². The average Bonchev–Trinajstić information content (AvgIpc) is 2.43. The maximum Gasteiger partial charge on any atom is 0.225 e. The van der Waals surface area contributed by atoms with Crippen LogP contribution in [-0.4, -0.2) is 21.6 Å². The highest BCUT2D eigenvalue weighted by molar-refractivity contribution is 7.84. The molecule has 1 atom stereocenters. The number of nitrogens with one attached hydrogen (secondary N) is 1. The number of benzene rings is 1. The van der Waals surface area contributed by atoms with Gasteiger partial charge >= 0.3 is 0 Å². The van der Waals surface area contributed by atoms with Crippen LogP contribution in [0.15, 0.2) is 24.3 Å². The Morgan fingerprint density at radius 1 is 1.32 bits per heavy atom. The number of carbonyl (C=O) groups is 1. The smallest absolute Gasteiger partial charge is 0.225 e. The first-order valence-corrected chi connectivity index (χ1v) is 7.79. The van der Waals surface area contributed by atoms with Gasteiger partial charge in [0.2, 0.25) is 5.91 Å². The van der Waals surface area contributed by atoms with Crippen LogP contribution >= 0.6 is 0 Å². The molecule has 0 saturated carbocycles. The van der Waals surface area contributed by atoms with Crippen molar-refractivity contribution in [3.8, 4) is 6.07 Å². The standard InChI is InChI=1S/C14H18N2O2S/c1-2-3-9-19(18)10-8-14(17)16-13-6-4-12(11-15)5-7-13/h4-7H,2-3,8-10H2,1H3,(H,16,17). The van der Waals surface area contributed by atoms with Gasteiger partial charge in [-0.15, -0.1) is 0 Å². The number of nitriles is 1. The third-order valence-corrected chi connectivity index (χ3v) is 3.98. The molecule has 5 heteroatoms. The maximum atomic E-state index is 11.6. The first kappa shape index (κ1) is 15.4. The van der Waals surface area contributed by atoms with Crippen LogP contribution in [0.1, 0.15) is 31.7 Å². The van der Waals surface area contributed by atoms with Crippen LogP contribution in [0, 0.1) is 11.3 Å². The van der Waals surface area contributed by atoms with Crippen molar-refractivity contribution < 1.29 is 9.00 Å². The van der Waals surface area contributed by atoms with Gasteiger partial charge in [0.05, 0.1) is 11.6 Å². The zero-order chi connectivity index (χ0) is 14.1. The number of amides is 1. The van der Waals surface area contributed by atoms with Gasteiger partial charge in [-0.1, -0.05) is 13.3 Å². The fourth-order valence-corrected chi connectivity index (χ4v) is 2.69. The van der Waals surface area contributed by atoms with Gasteiger partial charge in [0.25, 0.3) is 0 Å². The number of hydrogen-bond acceptors (Lipinski definition) is 3. The van der Waals surface area contributed by atoms with Crippen molar-refractivity contribution in [1.82, 2.24) is 0 Å². The van der Waals surface area contributed by atoms with E-state index in [9.17, 15) is 9.00 Å². The first-order valence-electron chi connectivity index (χ1n) is 6.30. The molecule has 0 saturated heterocycles. The van der Waals surface area contributed by atoms with Gasteiger partial charge in [-0.3, -0.25) is 9.00 Å². The van der Waals surface area contributed by atoms with Crippen molar-refractivity contribution in [2.45, 2.75) is 26.2 Å². The first-order chi connectivity index (χ1) is 9.15. The highest BCUT2D eigenvalue weighted by Gasteiger charge is 2.06. The Morgan fingerprint density at radius 2 is 2.00 bits per heavy atom. The molecule has 19 heavy (non-hydrogen) atoms. The molecule has 4 nitrogen and oxygen atoms in total. The fraction of sp³-hybridized carbons (Fsp3) is 0.429. The van der Waals surface area contributed by atoms with Gasteiger partial charge in [-0.25, -0.2) is 0 Å². The van der Waals surface area contributed by atoms with Gasteiger partial charge in [-0.05, 0) is 30.7 Å². The summed E-state index contributed by atoms with van der Waals surface area (Å²) in [6.07, 6.45) is 2.21. The van der Waals surface area contributed by atoms with Crippen LogP contribution in [-0.2, 0) is 15.6 Å². The molecule has 1 rings (SSSR count). The molecule has 0 heterocycles. The molecule has 0 fully saturated rings. The third kappa shape index (κ3) is 6.16. The fourth-order valence-electron chi connectivity index (χ4n) is 1.47.